The van der Waals surface area contributed by atoms with Crippen molar-refractivity contribution in [2.75, 3.05) is 31.2 Å². The normalized spacial score (nSPS) is 23.1. The van der Waals surface area contributed by atoms with Crippen molar-refractivity contribution in [3.05, 3.63) is 36.5 Å². The Balaban J connectivity index is 1.36. The lowest BCUT2D eigenvalue weighted by Crippen LogP contribution is -2.36. The van der Waals surface area contributed by atoms with Crippen LogP contribution in [0.15, 0.2) is 30.7 Å². The second-order valence-corrected chi connectivity index (χ2v) is 7.40. The zero-order valence-corrected chi connectivity index (χ0v) is 15.8. The van der Waals surface area contributed by atoms with Gasteiger partial charge in [0.1, 0.15) is 18.2 Å². The number of morpholine rings is 1. The van der Waals surface area contributed by atoms with Crippen LogP contribution in [0.1, 0.15) is 37.4 Å². The van der Waals surface area contributed by atoms with E-state index in [1.807, 2.05) is 24.4 Å². The smallest absolute Gasteiger partial charge is 0.225 e. The van der Waals surface area contributed by atoms with E-state index in [1.165, 1.54) is 0 Å². The average Bonchev–Trinajstić information content (AvgIpc) is 3.30. The zero-order chi connectivity index (χ0) is 18.8. The van der Waals surface area contributed by atoms with Crippen molar-refractivity contribution in [2.45, 2.75) is 37.7 Å². The SMILES string of the molecule is c1cnc2cc(N3CCOCC3)nc(O[C@H]3CC[C@@H](c4nc[nH]n4)CC3)c2c1. The van der Waals surface area contributed by atoms with Gasteiger partial charge in [-0.15, -0.1) is 0 Å². The first-order chi connectivity index (χ1) is 13.9. The van der Waals surface area contributed by atoms with Crippen LogP contribution in [0.5, 0.6) is 5.88 Å². The summed E-state index contributed by atoms with van der Waals surface area (Å²) in [7, 11) is 0. The summed E-state index contributed by atoms with van der Waals surface area (Å²) in [4.78, 5) is 16.0. The number of rotatable bonds is 4. The summed E-state index contributed by atoms with van der Waals surface area (Å²) >= 11 is 0. The first kappa shape index (κ1) is 17.4. The Morgan fingerprint density at radius 2 is 1.96 bits per heavy atom. The van der Waals surface area contributed by atoms with Gasteiger partial charge in [0.05, 0.1) is 24.1 Å². The number of nitrogens with one attached hydrogen (secondary N) is 1. The largest absolute Gasteiger partial charge is 0.474 e. The molecule has 8 heteroatoms. The highest BCUT2D eigenvalue weighted by Gasteiger charge is 2.27. The number of nitrogens with zero attached hydrogens (tertiary/aromatic N) is 5. The van der Waals surface area contributed by atoms with Gasteiger partial charge in [-0.3, -0.25) is 10.1 Å². The van der Waals surface area contributed by atoms with Gasteiger partial charge in [0.2, 0.25) is 5.88 Å². The monoisotopic (exact) mass is 380 g/mol. The molecule has 0 atom stereocenters. The molecule has 146 valence electrons. The molecule has 0 bridgehead atoms. The van der Waals surface area contributed by atoms with Gasteiger partial charge in [0, 0.05) is 31.3 Å². The first-order valence-corrected chi connectivity index (χ1v) is 9.97. The van der Waals surface area contributed by atoms with Crippen LogP contribution in [0.3, 0.4) is 0 Å². The van der Waals surface area contributed by atoms with Crippen molar-refractivity contribution in [2.24, 2.45) is 0 Å². The van der Waals surface area contributed by atoms with Crippen molar-refractivity contribution in [1.82, 2.24) is 25.1 Å². The molecule has 1 saturated heterocycles. The molecule has 1 aliphatic carbocycles. The minimum absolute atomic E-state index is 0.158. The van der Waals surface area contributed by atoms with Gasteiger partial charge in [-0.2, -0.15) is 10.1 Å². The molecule has 0 spiro atoms. The second kappa shape index (κ2) is 7.71. The Morgan fingerprint density at radius 1 is 1.11 bits per heavy atom. The van der Waals surface area contributed by atoms with Gasteiger partial charge >= 0.3 is 0 Å². The number of hydrogen-bond donors (Lipinski definition) is 1. The van der Waals surface area contributed by atoms with E-state index >= 15 is 0 Å². The predicted octanol–water partition coefficient (Wildman–Crippen LogP) is 2.69. The fourth-order valence-electron chi connectivity index (χ4n) is 4.09. The summed E-state index contributed by atoms with van der Waals surface area (Å²) in [5.74, 6) is 2.94. The molecule has 1 aliphatic heterocycles. The minimum atomic E-state index is 0.158. The van der Waals surface area contributed by atoms with E-state index in [0.717, 1.165) is 74.5 Å². The Kier molecular flexibility index (Phi) is 4.78. The maximum Gasteiger partial charge on any atom is 0.225 e. The summed E-state index contributed by atoms with van der Waals surface area (Å²) in [6.45, 7) is 3.13. The molecule has 28 heavy (non-hydrogen) atoms. The van der Waals surface area contributed by atoms with Crippen molar-refractivity contribution in [3.63, 3.8) is 0 Å². The van der Waals surface area contributed by atoms with Crippen LogP contribution in [-0.2, 0) is 4.74 Å². The third kappa shape index (κ3) is 3.52. The Hall–Kier alpha value is -2.74. The van der Waals surface area contributed by atoms with Crippen LogP contribution < -0.4 is 9.64 Å². The molecule has 1 saturated carbocycles. The Morgan fingerprint density at radius 3 is 2.75 bits per heavy atom. The summed E-state index contributed by atoms with van der Waals surface area (Å²) < 4.78 is 11.9. The molecule has 1 N–H and O–H groups in total. The van der Waals surface area contributed by atoms with E-state index in [0.29, 0.717) is 11.8 Å². The molecule has 4 heterocycles. The standard InChI is InChI=1S/C20H24N6O2/c1-2-16-17(21-7-1)12-18(26-8-10-27-11-9-26)24-20(16)28-15-5-3-14(4-6-15)19-22-13-23-25-19/h1-2,7,12-15H,3-6,8-11H2,(H,22,23,25)/t14-,15+. The van der Waals surface area contributed by atoms with Gasteiger partial charge in [0.25, 0.3) is 0 Å². The van der Waals surface area contributed by atoms with E-state index in [-0.39, 0.29) is 6.10 Å². The number of H-pyrrole nitrogens is 1. The number of aromatic nitrogens is 5. The van der Waals surface area contributed by atoms with Gasteiger partial charge in [-0.25, -0.2) is 4.98 Å². The molecule has 5 rings (SSSR count). The number of fused-ring (bicyclic) bond motifs is 1. The summed E-state index contributed by atoms with van der Waals surface area (Å²) in [6, 6.07) is 6.02. The zero-order valence-electron chi connectivity index (χ0n) is 15.8. The van der Waals surface area contributed by atoms with Gasteiger partial charge in [-0.05, 0) is 37.8 Å². The Labute approximate surface area is 163 Å². The van der Waals surface area contributed by atoms with Crippen LogP contribution in [0.25, 0.3) is 10.9 Å². The highest BCUT2D eigenvalue weighted by Crippen LogP contribution is 2.34. The fourth-order valence-corrected chi connectivity index (χ4v) is 4.09. The maximum atomic E-state index is 6.41. The number of hydrogen-bond acceptors (Lipinski definition) is 7. The van der Waals surface area contributed by atoms with Gasteiger partial charge in [-0.1, -0.05) is 0 Å². The molecular formula is C20H24N6O2. The van der Waals surface area contributed by atoms with E-state index in [1.54, 1.807) is 6.33 Å². The predicted molar refractivity (Wildman–Crippen MR) is 105 cm³/mol. The van der Waals surface area contributed by atoms with Crippen LogP contribution in [-0.4, -0.2) is 57.6 Å². The highest BCUT2D eigenvalue weighted by atomic mass is 16.5. The molecule has 2 aliphatic rings. The number of anilines is 1. The van der Waals surface area contributed by atoms with Crippen LogP contribution >= 0.6 is 0 Å². The average molecular weight is 380 g/mol. The molecule has 8 nitrogen and oxygen atoms in total. The van der Waals surface area contributed by atoms with Crippen LogP contribution in [0, 0.1) is 0 Å². The van der Waals surface area contributed by atoms with Crippen molar-refractivity contribution < 1.29 is 9.47 Å². The molecule has 0 aromatic carbocycles. The Bertz CT molecular complexity index is 918. The van der Waals surface area contributed by atoms with E-state index in [9.17, 15) is 0 Å². The number of ether oxygens (including phenoxy) is 2. The summed E-state index contributed by atoms with van der Waals surface area (Å²) in [5, 5.41) is 8.02. The molecule has 0 amide bonds. The van der Waals surface area contributed by atoms with Crippen molar-refractivity contribution in [1.29, 1.82) is 0 Å². The molecular weight excluding hydrogens is 356 g/mol. The van der Waals surface area contributed by atoms with Crippen LogP contribution in [0.2, 0.25) is 0 Å². The van der Waals surface area contributed by atoms with E-state index in [2.05, 4.69) is 25.1 Å². The number of aromatic amines is 1. The molecule has 3 aromatic heterocycles. The second-order valence-electron chi connectivity index (χ2n) is 7.40. The van der Waals surface area contributed by atoms with Gasteiger partial charge < -0.3 is 14.4 Å². The topological polar surface area (TPSA) is 89.0 Å². The van der Waals surface area contributed by atoms with E-state index < -0.39 is 0 Å². The lowest BCUT2D eigenvalue weighted by atomic mass is 9.87. The molecule has 0 unspecified atom stereocenters. The number of pyridine rings is 2. The lowest BCUT2D eigenvalue weighted by molar-refractivity contribution is 0.121. The highest BCUT2D eigenvalue weighted by molar-refractivity contribution is 5.85. The molecule has 2 fully saturated rings. The molecule has 0 radical (unpaired) electrons. The fraction of sp³-hybridized carbons (Fsp3) is 0.500. The molecule has 3 aromatic rings. The van der Waals surface area contributed by atoms with E-state index in [4.69, 9.17) is 14.5 Å². The van der Waals surface area contributed by atoms with Crippen LogP contribution in [0.4, 0.5) is 5.82 Å². The minimum Gasteiger partial charge on any atom is -0.474 e. The summed E-state index contributed by atoms with van der Waals surface area (Å²) in [5.41, 5.74) is 0.920. The van der Waals surface area contributed by atoms with Crippen molar-refractivity contribution >= 4 is 16.7 Å². The quantitative estimate of drug-likeness (QED) is 0.744. The van der Waals surface area contributed by atoms with Crippen molar-refractivity contribution in [3.8, 4) is 5.88 Å². The third-order valence-corrected chi connectivity index (χ3v) is 5.64. The third-order valence-electron chi connectivity index (χ3n) is 5.64. The summed E-state index contributed by atoms with van der Waals surface area (Å²) in [6.07, 6.45) is 7.64. The van der Waals surface area contributed by atoms with Gasteiger partial charge in [0.15, 0.2) is 5.82 Å². The lowest BCUT2D eigenvalue weighted by Gasteiger charge is -2.30. The first-order valence-electron chi connectivity index (χ1n) is 9.97. The maximum absolute atomic E-state index is 6.41.